The second-order valence-corrected chi connectivity index (χ2v) is 7.83. The molecule has 1 aliphatic heterocycles. The van der Waals surface area contributed by atoms with Crippen molar-refractivity contribution in [3.63, 3.8) is 0 Å². The zero-order valence-corrected chi connectivity index (χ0v) is 15.5. The highest BCUT2D eigenvalue weighted by Crippen LogP contribution is 2.18. The summed E-state index contributed by atoms with van der Waals surface area (Å²) < 4.78 is 26.6. The number of amides is 2. The van der Waals surface area contributed by atoms with Gasteiger partial charge in [0, 0.05) is 31.7 Å². The van der Waals surface area contributed by atoms with Crippen LogP contribution in [0, 0.1) is 0 Å². The Labute approximate surface area is 154 Å². The number of piperazine rings is 1. The molecule has 26 heavy (non-hydrogen) atoms. The minimum atomic E-state index is -3.71. The number of sulfonamides is 1. The van der Waals surface area contributed by atoms with Crippen LogP contribution in [0.2, 0.25) is 0 Å². The first-order valence-electron chi connectivity index (χ1n) is 8.23. The van der Waals surface area contributed by atoms with Gasteiger partial charge in [-0.3, -0.25) is 9.59 Å². The second kappa shape index (κ2) is 8.29. The minimum Gasteiger partial charge on any atom is -0.353 e. The van der Waals surface area contributed by atoms with Gasteiger partial charge in [-0.05, 0) is 31.2 Å². The van der Waals surface area contributed by atoms with E-state index in [0.29, 0.717) is 18.7 Å². The molecule has 1 aliphatic rings. The van der Waals surface area contributed by atoms with Crippen LogP contribution in [-0.4, -0.2) is 61.7 Å². The highest BCUT2D eigenvalue weighted by atomic mass is 32.2. The maximum atomic E-state index is 12.7. The first kappa shape index (κ1) is 19.9. The maximum Gasteiger partial charge on any atom is 0.254 e. The van der Waals surface area contributed by atoms with Crippen molar-refractivity contribution in [2.45, 2.75) is 17.9 Å². The second-order valence-electron chi connectivity index (χ2n) is 5.89. The lowest BCUT2D eigenvalue weighted by Crippen LogP contribution is -2.55. The van der Waals surface area contributed by atoms with Crippen LogP contribution in [0.5, 0.6) is 0 Å². The Kier molecular flexibility index (Phi) is 6.33. The van der Waals surface area contributed by atoms with Gasteiger partial charge in [0.05, 0.1) is 4.90 Å². The summed E-state index contributed by atoms with van der Waals surface area (Å²) in [5, 5.41) is 2.70. The average molecular weight is 377 g/mol. The molecule has 1 unspecified atom stereocenters. The van der Waals surface area contributed by atoms with Gasteiger partial charge in [0.15, 0.2) is 0 Å². The molecule has 0 saturated carbocycles. The molecule has 0 aromatic heterocycles. The maximum absolute atomic E-state index is 12.7. The molecule has 7 nitrogen and oxygen atoms in total. The molecule has 1 aromatic carbocycles. The predicted molar refractivity (Wildman–Crippen MR) is 99.1 cm³/mol. The van der Waals surface area contributed by atoms with Crippen molar-refractivity contribution in [3.05, 3.63) is 55.1 Å². The van der Waals surface area contributed by atoms with Crippen LogP contribution in [0.3, 0.4) is 0 Å². The molecule has 8 heteroatoms. The van der Waals surface area contributed by atoms with E-state index in [9.17, 15) is 18.0 Å². The van der Waals surface area contributed by atoms with Crippen molar-refractivity contribution < 1.29 is 18.0 Å². The van der Waals surface area contributed by atoms with E-state index in [1.807, 2.05) is 0 Å². The van der Waals surface area contributed by atoms with E-state index in [0.717, 1.165) is 0 Å². The summed E-state index contributed by atoms with van der Waals surface area (Å²) in [5.41, 5.74) is 0.337. The van der Waals surface area contributed by atoms with Gasteiger partial charge in [-0.15, -0.1) is 13.2 Å². The van der Waals surface area contributed by atoms with E-state index in [-0.39, 0.29) is 29.8 Å². The number of rotatable bonds is 7. The third-order valence-corrected chi connectivity index (χ3v) is 6.01. The van der Waals surface area contributed by atoms with Crippen LogP contribution in [0.25, 0.3) is 0 Å². The zero-order chi connectivity index (χ0) is 19.3. The molecule has 140 valence electrons. The molecular weight excluding hydrogens is 354 g/mol. The molecule has 1 aromatic rings. The fourth-order valence-corrected chi connectivity index (χ4v) is 4.08. The average Bonchev–Trinajstić information content (AvgIpc) is 2.63. The Morgan fingerprint density at radius 1 is 1.27 bits per heavy atom. The van der Waals surface area contributed by atoms with E-state index in [1.54, 1.807) is 6.92 Å². The van der Waals surface area contributed by atoms with Crippen molar-refractivity contribution in [1.29, 1.82) is 0 Å². The van der Waals surface area contributed by atoms with Gasteiger partial charge in [0.25, 0.3) is 5.91 Å². The van der Waals surface area contributed by atoms with Gasteiger partial charge in [-0.1, -0.05) is 12.2 Å². The van der Waals surface area contributed by atoms with E-state index in [2.05, 4.69) is 18.5 Å². The number of nitrogens with zero attached hydrogens (tertiary/aromatic N) is 2. The molecule has 0 radical (unpaired) electrons. The molecule has 0 aliphatic carbocycles. The monoisotopic (exact) mass is 377 g/mol. The van der Waals surface area contributed by atoms with Crippen LogP contribution in [0.4, 0.5) is 0 Å². The lowest BCUT2D eigenvalue weighted by atomic mass is 10.1. The number of carbonyl (C=O) groups excluding carboxylic acids is 2. The fraction of sp³-hybridized carbons (Fsp3) is 0.333. The number of benzene rings is 1. The smallest absolute Gasteiger partial charge is 0.254 e. The van der Waals surface area contributed by atoms with Gasteiger partial charge >= 0.3 is 0 Å². The number of hydrogen-bond acceptors (Lipinski definition) is 4. The van der Waals surface area contributed by atoms with Crippen molar-refractivity contribution in [2.75, 3.05) is 26.2 Å². The Bertz CT molecular complexity index is 792. The van der Waals surface area contributed by atoms with Crippen molar-refractivity contribution in [2.24, 2.45) is 0 Å². The number of hydrogen-bond donors (Lipinski definition) is 1. The summed E-state index contributed by atoms with van der Waals surface area (Å²) in [6, 6.07) is 5.17. The molecule has 1 heterocycles. The third kappa shape index (κ3) is 4.03. The Hall–Kier alpha value is -2.45. The topological polar surface area (TPSA) is 86.8 Å². The van der Waals surface area contributed by atoms with Crippen LogP contribution in [0.1, 0.15) is 17.3 Å². The number of nitrogens with one attached hydrogen (secondary N) is 1. The van der Waals surface area contributed by atoms with Gasteiger partial charge in [-0.2, -0.15) is 4.31 Å². The van der Waals surface area contributed by atoms with Crippen LogP contribution in [-0.2, 0) is 14.8 Å². The highest BCUT2D eigenvalue weighted by Gasteiger charge is 2.30. The minimum absolute atomic E-state index is 0.0854. The summed E-state index contributed by atoms with van der Waals surface area (Å²) in [6.07, 6.45) is 3.00. The fourth-order valence-electron chi connectivity index (χ4n) is 2.70. The molecule has 1 N–H and O–H groups in total. The van der Waals surface area contributed by atoms with E-state index >= 15 is 0 Å². The van der Waals surface area contributed by atoms with Crippen LogP contribution >= 0.6 is 0 Å². The van der Waals surface area contributed by atoms with Crippen molar-refractivity contribution in [1.82, 2.24) is 14.5 Å². The van der Waals surface area contributed by atoms with E-state index in [4.69, 9.17) is 0 Å². The summed E-state index contributed by atoms with van der Waals surface area (Å²) >= 11 is 0. The highest BCUT2D eigenvalue weighted by molar-refractivity contribution is 7.89. The van der Waals surface area contributed by atoms with Gasteiger partial charge in [-0.25, -0.2) is 8.42 Å². The zero-order valence-electron chi connectivity index (χ0n) is 14.7. The first-order valence-corrected chi connectivity index (χ1v) is 9.67. The third-order valence-electron chi connectivity index (χ3n) is 4.16. The molecule has 0 bridgehead atoms. The Balaban J connectivity index is 2.24. The SMILES string of the molecule is C=CCN(CC=C)S(=O)(=O)c1ccc(C(=O)N2CCNC(=O)C2C)cc1. The molecule has 1 atom stereocenters. The predicted octanol–water partition coefficient (Wildman–Crippen LogP) is 1.01. The lowest BCUT2D eigenvalue weighted by Gasteiger charge is -2.32. The van der Waals surface area contributed by atoms with Gasteiger partial charge in [0.1, 0.15) is 6.04 Å². The summed E-state index contributed by atoms with van der Waals surface area (Å²) in [4.78, 5) is 25.9. The first-order chi connectivity index (χ1) is 12.3. The standard InChI is InChI=1S/C18H23N3O4S/c1-4-11-20(12-5-2)26(24,25)16-8-6-15(7-9-16)18(23)21-13-10-19-17(22)14(21)3/h4-9,14H,1-2,10-13H2,3H3,(H,19,22). The molecule has 1 saturated heterocycles. The molecular formula is C18H23N3O4S. The van der Waals surface area contributed by atoms with Crippen LogP contribution in [0.15, 0.2) is 54.5 Å². The van der Waals surface area contributed by atoms with E-state index in [1.165, 1.54) is 45.6 Å². The Morgan fingerprint density at radius 2 is 1.85 bits per heavy atom. The van der Waals surface area contributed by atoms with Gasteiger partial charge < -0.3 is 10.2 Å². The summed E-state index contributed by atoms with van der Waals surface area (Å²) in [5.74, 6) is -0.501. The van der Waals surface area contributed by atoms with E-state index < -0.39 is 16.1 Å². The molecule has 2 amide bonds. The van der Waals surface area contributed by atoms with Gasteiger partial charge in [0.2, 0.25) is 15.9 Å². The Morgan fingerprint density at radius 3 is 2.38 bits per heavy atom. The molecule has 1 fully saturated rings. The van der Waals surface area contributed by atoms with Crippen molar-refractivity contribution >= 4 is 21.8 Å². The summed E-state index contributed by atoms with van der Waals surface area (Å²) in [6.45, 7) is 9.94. The van der Waals surface area contributed by atoms with Crippen molar-refractivity contribution in [3.8, 4) is 0 Å². The number of carbonyl (C=O) groups is 2. The summed E-state index contributed by atoms with van der Waals surface area (Å²) in [7, 11) is -3.71. The molecule has 0 spiro atoms. The molecule has 2 rings (SSSR count). The van der Waals surface area contributed by atoms with Crippen LogP contribution < -0.4 is 5.32 Å². The largest absolute Gasteiger partial charge is 0.353 e. The normalized spacial score (nSPS) is 17.7. The quantitative estimate of drug-likeness (QED) is 0.719. The lowest BCUT2D eigenvalue weighted by molar-refractivity contribution is -0.127.